The van der Waals surface area contributed by atoms with Gasteiger partial charge in [0.1, 0.15) is 5.82 Å². The molecule has 0 aliphatic carbocycles. The molecule has 4 N–H and O–H groups in total. The fourth-order valence-electron chi connectivity index (χ4n) is 3.54. The first-order valence-corrected chi connectivity index (χ1v) is 10.2. The molecule has 1 atom stereocenters. The van der Waals surface area contributed by atoms with Gasteiger partial charge in [-0.2, -0.15) is 0 Å². The highest BCUT2D eigenvalue weighted by Crippen LogP contribution is 2.32. The second-order valence-corrected chi connectivity index (χ2v) is 7.76. The number of nitrogens with two attached hydrogens (primary N) is 2. The van der Waals surface area contributed by atoms with E-state index >= 15 is 0 Å². The highest BCUT2D eigenvalue weighted by molar-refractivity contribution is 7.13. The van der Waals surface area contributed by atoms with E-state index in [4.69, 9.17) is 11.5 Å². The molecule has 8 heteroatoms. The molecular weight excluding hydrogens is 372 g/mol. The van der Waals surface area contributed by atoms with Crippen molar-refractivity contribution in [1.29, 1.82) is 0 Å². The lowest BCUT2D eigenvalue weighted by molar-refractivity contribution is -0.132. The van der Waals surface area contributed by atoms with Gasteiger partial charge in [0, 0.05) is 41.9 Å². The van der Waals surface area contributed by atoms with E-state index in [1.165, 1.54) is 11.3 Å². The van der Waals surface area contributed by atoms with Crippen LogP contribution in [0.3, 0.4) is 0 Å². The van der Waals surface area contributed by atoms with Crippen molar-refractivity contribution in [1.82, 2.24) is 19.9 Å². The highest BCUT2D eigenvalue weighted by Gasteiger charge is 2.30. The van der Waals surface area contributed by atoms with E-state index in [0.29, 0.717) is 23.8 Å². The Morgan fingerprint density at radius 2 is 1.93 bits per heavy atom. The first-order valence-electron chi connectivity index (χ1n) is 9.27. The number of pyridine rings is 2. The second kappa shape index (κ2) is 7.93. The summed E-state index contributed by atoms with van der Waals surface area (Å²) in [5, 5.41) is 2.46. The second-order valence-electron chi connectivity index (χ2n) is 6.87. The smallest absolute Gasteiger partial charge is 0.223 e. The molecule has 0 saturated carbocycles. The van der Waals surface area contributed by atoms with Crippen molar-refractivity contribution in [3.63, 3.8) is 0 Å². The quantitative estimate of drug-likeness (QED) is 0.688. The molecule has 1 saturated heterocycles. The standard InChI is InChI=1S/C20H22N6OS/c21-18-7-4-14(11-24-18)13-3-6-16(23-10-13)17-2-1-9-26(17)19(27)8-5-15-12-28-20(22)25-15/h3-4,6-7,10-12,17H,1-2,5,8-9H2,(H2,21,24)(H2,22,25). The van der Waals surface area contributed by atoms with Crippen LogP contribution in [0.25, 0.3) is 11.1 Å². The average molecular weight is 395 g/mol. The first kappa shape index (κ1) is 18.4. The lowest BCUT2D eigenvalue weighted by Gasteiger charge is -2.24. The van der Waals surface area contributed by atoms with Crippen molar-refractivity contribution in [2.24, 2.45) is 0 Å². The molecule has 0 bridgehead atoms. The van der Waals surface area contributed by atoms with Crippen molar-refractivity contribution in [3.8, 4) is 11.1 Å². The Kier molecular flexibility index (Phi) is 5.21. The van der Waals surface area contributed by atoms with E-state index in [2.05, 4.69) is 15.0 Å². The third-order valence-corrected chi connectivity index (χ3v) is 5.71. The molecule has 3 aromatic rings. The molecular formula is C20H22N6OS. The third kappa shape index (κ3) is 3.96. The van der Waals surface area contributed by atoms with Crippen molar-refractivity contribution in [2.45, 2.75) is 31.7 Å². The first-order chi connectivity index (χ1) is 13.6. The maximum absolute atomic E-state index is 12.8. The van der Waals surface area contributed by atoms with Gasteiger partial charge in [-0.25, -0.2) is 9.97 Å². The van der Waals surface area contributed by atoms with Gasteiger partial charge in [-0.1, -0.05) is 6.07 Å². The summed E-state index contributed by atoms with van der Waals surface area (Å²) in [6.45, 7) is 0.772. The number of carbonyl (C=O) groups is 1. The van der Waals surface area contributed by atoms with Crippen LogP contribution in [-0.2, 0) is 11.2 Å². The zero-order valence-corrected chi connectivity index (χ0v) is 16.2. The summed E-state index contributed by atoms with van der Waals surface area (Å²) in [6, 6.07) is 7.76. The predicted octanol–water partition coefficient (Wildman–Crippen LogP) is 3.06. The van der Waals surface area contributed by atoms with E-state index in [0.717, 1.165) is 41.9 Å². The minimum atomic E-state index is 0.0339. The Bertz CT molecular complexity index is 954. The monoisotopic (exact) mass is 394 g/mol. The van der Waals surface area contributed by atoms with Gasteiger partial charge in [0.15, 0.2) is 5.13 Å². The highest BCUT2D eigenvalue weighted by atomic mass is 32.1. The van der Waals surface area contributed by atoms with Crippen molar-refractivity contribution in [2.75, 3.05) is 18.0 Å². The summed E-state index contributed by atoms with van der Waals surface area (Å²) in [6.07, 6.45) is 6.56. The van der Waals surface area contributed by atoms with Crippen LogP contribution >= 0.6 is 11.3 Å². The van der Waals surface area contributed by atoms with Crippen LogP contribution < -0.4 is 11.5 Å². The van der Waals surface area contributed by atoms with Crippen LogP contribution in [0.5, 0.6) is 0 Å². The fourth-order valence-corrected chi connectivity index (χ4v) is 4.14. The summed E-state index contributed by atoms with van der Waals surface area (Å²) in [5.74, 6) is 0.636. The zero-order valence-electron chi connectivity index (χ0n) is 15.4. The lowest BCUT2D eigenvalue weighted by Crippen LogP contribution is -2.31. The van der Waals surface area contributed by atoms with E-state index in [1.54, 1.807) is 12.3 Å². The van der Waals surface area contributed by atoms with Crippen molar-refractivity contribution >= 4 is 28.2 Å². The van der Waals surface area contributed by atoms with Gasteiger partial charge in [-0.15, -0.1) is 11.3 Å². The molecule has 28 heavy (non-hydrogen) atoms. The number of carbonyl (C=O) groups excluding carboxylic acids is 1. The molecule has 1 amide bonds. The molecule has 1 aliphatic heterocycles. The Morgan fingerprint density at radius 3 is 2.57 bits per heavy atom. The SMILES string of the molecule is Nc1ccc(-c2ccc(C3CCCN3C(=O)CCc3csc(N)n3)nc2)cn1. The van der Waals surface area contributed by atoms with Crippen molar-refractivity contribution in [3.05, 3.63) is 53.4 Å². The van der Waals surface area contributed by atoms with Crippen LogP contribution in [0, 0.1) is 0 Å². The molecule has 0 radical (unpaired) electrons. The van der Waals surface area contributed by atoms with Crippen LogP contribution in [0.2, 0.25) is 0 Å². The maximum atomic E-state index is 12.8. The number of amides is 1. The third-order valence-electron chi connectivity index (χ3n) is 4.99. The number of hydrogen-bond donors (Lipinski definition) is 2. The van der Waals surface area contributed by atoms with Gasteiger partial charge in [0.2, 0.25) is 5.91 Å². The Balaban J connectivity index is 1.43. The van der Waals surface area contributed by atoms with Crippen molar-refractivity contribution < 1.29 is 4.79 Å². The molecule has 4 rings (SSSR count). The number of nitrogens with zero attached hydrogens (tertiary/aromatic N) is 4. The zero-order chi connectivity index (χ0) is 19.5. The van der Waals surface area contributed by atoms with Gasteiger partial charge in [0.25, 0.3) is 0 Å². The van der Waals surface area contributed by atoms with E-state index in [1.807, 2.05) is 34.7 Å². The van der Waals surface area contributed by atoms with Gasteiger partial charge < -0.3 is 16.4 Å². The number of hydrogen-bond acceptors (Lipinski definition) is 7. The molecule has 1 fully saturated rings. The minimum absolute atomic E-state index is 0.0339. The summed E-state index contributed by atoms with van der Waals surface area (Å²) in [7, 11) is 0. The van der Waals surface area contributed by atoms with Crippen LogP contribution in [0.15, 0.2) is 42.0 Å². The Morgan fingerprint density at radius 1 is 1.14 bits per heavy atom. The summed E-state index contributed by atoms with van der Waals surface area (Å²) in [4.78, 5) is 27.7. The Hall–Kier alpha value is -3.00. The average Bonchev–Trinajstić information content (AvgIpc) is 3.36. The molecule has 0 spiro atoms. The fraction of sp³-hybridized carbons (Fsp3) is 0.300. The number of anilines is 2. The number of aryl methyl sites for hydroxylation is 1. The molecule has 144 valence electrons. The van der Waals surface area contributed by atoms with E-state index in [-0.39, 0.29) is 11.9 Å². The molecule has 1 aliphatic rings. The largest absolute Gasteiger partial charge is 0.384 e. The number of likely N-dealkylation sites (tertiary alicyclic amines) is 1. The predicted molar refractivity (Wildman–Crippen MR) is 110 cm³/mol. The van der Waals surface area contributed by atoms with Crippen LogP contribution in [-0.4, -0.2) is 32.3 Å². The molecule has 3 aromatic heterocycles. The number of aromatic nitrogens is 3. The van der Waals surface area contributed by atoms with Crippen LogP contribution in [0.4, 0.5) is 10.9 Å². The lowest BCUT2D eigenvalue weighted by atomic mass is 10.1. The maximum Gasteiger partial charge on any atom is 0.223 e. The molecule has 1 unspecified atom stereocenters. The minimum Gasteiger partial charge on any atom is -0.384 e. The summed E-state index contributed by atoms with van der Waals surface area (Å²) >= 11 is 1.41. The summed E-state index contributed by atoms with van der Waals surface area (Å²) < 4.78 is 0. The number of nitrogen functional groups attached to an aromatic ring is 2. The molecule has 0 aromatic carbocycles. The Labute approximate surface area is 167 Å². The summed E-state index contributed by atoms with van der Waals surface area (Å²) in [5.41, 5.74) is 15.1. The van der Waals surface area contributed by atoms with E-state index in [9.17, 15) is 4.79 Å². The number of rotatable bonds is 5. The van der Waals surface area contributed by atoms with Gasteiger partial charge in [-0.05, 0) is 37.5 Å². The van der Waals surface area contributed by atoms with Crippen LogP contribution in [0.1, 0.15) is 36.7 Å². The van der Waals surface area contributed by atoms with Gasteiger partial charge in [0.05, 0.1) is 17.4 Å². The van der Waals surface area contributed by atoms with E-state index < -0.39 is 0 Å². The normalized spacial score (nSPS) is 16.4. The number of thiazole rings is 1. The van der Waals surface area contributed by atoms with Gasteiger partial charge in [-0.3, -0.25) is 9.78 Å². The molecule has 7 nitrogen and oxygen atoms in total. The van der Waals surface area contributed by atoms with Gasteiger partial charge >= 0.3 is 0 Å². The topological polar surface area (TPSA) is 111 Å². The molecule has 4 heterocycles.